The first-order valence-electron chi connectivity index (χ1n) is 23.7. The largest absolute Gasteiger partial charge is 0.459 e. The smallest absolute Gasteiger partial charge is 0.308 e. The van der Waals surface area contributed by atoms with Crippen molar-refractivity contribution in [3.8, 4) is 0 Å². The fraction of sp³-hybridized carbons (Fsp3) is 0.872. The number of ether oxygens (including phenoxy) is 10. The summed E-state index contributed by atoms with van der Waals surface area (Å²) in [5.41, 5.74) is 2.16. The van der Waals surface area contributed by atoms with E-state index in [1.54, 1.807) is 0 Å². The van der Waals surface area contributed by atoms with Gasteiger partial charge in [-0.1, -0.05) is 40.9 Å². The molecule has 0 aromatic rings. The van der Waals surface area contributed by atoms with E-state index in [0.717, 1.165) is 62.4 Å². The minimum atomic E-state index is -2.22. The fourth-order valence-electron chi connectivity index (χ4n) is 12.2. The molecule has 1 spiro atoms. The number of carbonyl (C=O) groups excluding carboxylic acids is 2. The first kappa shape index (κ1) is 43.3. The summed E-state index contributed by atoms with van der Waals surface area (Å²) in [4.78, 5) is 26.3. The molecule has 0 aromatic heterocycles. The predicted molar refractivity (Wildman–Crippen MR) is 223 cm³/mol. The van der Waals surface area contributed by atoms with Gasteiger partial charge < -0.3 is 56.6 Å². The number of carbonyl (C=O) groups is 2. The molecule has 13 nitrogen and oxygen atoms in total. The molecule has 0 amide bonds. The highest BCUT2D eigenvalue weighted by Crippen LogP contribution is 2.54. The zero-order valence-electron chi connectivity index (χ0n) is 37.2. The van der Waals surface area contributed by atoms with Crippen LogP contribution in [0.25, 0.3) is 0 Å². The topological polar surface area (TPSA) is 136 Å². The third-order valence-corrected chi connectivity index (χ3v) is 21.1. The van der Waals surface area contributed by atoms with E-state index >= 15 is 0 Å². The average molecular weight is 871 g/mol. The molecule has 0 aromatic carbocycles. The predicted octanol–water partition coefficient (Wildman–Crippen LogP) is 6.58. The first-order chi connectivity index (χ1) is 29.1. The fourth-order valence-corrected chi connectivity index (χ4v) is 13.6. The highest BCUT2D eigenvalue weighted by Gasteiger charge is 2.69. The van der Waals surface area contributed by atoms with Crippen molar-refractivity contribution in [1.82, 2.24) is 0 Å². The number of rotatable bonds is 4. The van der Waals surface area contributed by atoms with Crippen molar-refractivity contribution in [2.75, 3.05) is 0 Å². The van der Waals surface area contributed by atoms with E-state index in [0.29, 0.717) is 32.1 Å². The summed E-state index contributed by atoms with van der Waals surface area (Å²) in [5.74, 6) is -1.39. The van der Waals surface area contributed by atoms with E-state index < -0.39 is 44.6 Å². The zero-order valence-corrected chi connectivity index (χ0v) is 38.2. The molecular formula is C47H70O13Si. The minimum absolute atomic E-state index is 0.0238. The molecule has 0 aliphatic carbocycles. The van der Waals surface area contributed by atoms with Gasteiger partial charge in [0.1, 0.15) is 42.9 Å². The summed E-state index contributed by atoms with van der Waals surface area (Å²) in [6.07, 6.45) is 5.14. The van der Waals surface area contributed by atoms with Crippen molar-refractivity contribution in [2.45, 2.75) is 251 Å². The van der Waals surface area contributed by atoms with Gasteiger partial charge in [0.15, 0.2) is 14.1 Å². The lowest BCUT2D eigenvalue weighted by molar-refractivity contribution is -0.293. The van der Waals surface area contributed by atoms with Gasteiger partial charge in [0.25, 0.3) is 0 Å². The van der Waals surface area contributed by atoms with E-state index in [-0.39, 0.29) is 109 Å². The Morgan fingerprint density at radius 3 is 2.23 bits per heavy atom. The Hall–Kier alpha value is -1.56. The lowest BCUT2D eigenvalue weighted by Crippen LogP contribution is -2.63. The van der Waals surface area contributed by atoms with Gasteiger partial charge in [0.2, 0.25) is 0 Å². The average Bonchev–Trinajstić information content (AvgIpc) is 3.79. The summed E-state index contributed by atoms with van der Waals surface area (Å²) in [6.45, 7) is 22.1. The highest BCUT2D eigenvalue weighted by atomic mass is 28.4. The van der Waals surface area contributed by atoms with E-state index in [1.165, 1.54) is 0 Å². The normalized spacial score (nSPS) is 50.0. The van der Waals surface area contributed by atoms with Crippen molar-refractivity contribution < 1.29 is 61.4 Å². The molecule has 0 N–H and O–H groups in total. The van der Waals surface area contributed by atoms with Crippen molar-refractivity contribution in [3.63, 3.8) is 0 Å². The van der Waals surface area contributed by atoms with Crippen molar-refractivity contribution in [1.29, 1.82) is 0 Å². The van der Waals surface area contributed by atoms with Crippen LogP contribution < -0.4 is 0 Å². The van der Waals surface area contributed by atoms with E-state index in [1.807, 2.05) is 0 Å². The molecule has 12 bridgehead atoms. The van der Waals surface area contributed by atoms with Crippen LogP contribution in [-0.2, 0) is 61.4 Å². The Kier molecular flexibility index (Phi) is 11.6. The molecule has 11 aliphatic rings. The van der Waals surface area contributed by atoms with Crippen LogP contribution in [0.4, 0.5) is 0 Å². The maximum absolute atomic E-state index is 14.2. The van der Waals surface area contributed by atoms with Crippen molar-refractivity contribution >= 4 is 20.6 Å². The molecule has 61 heavy (non-hydrogen) atoms. The van der Waals surface area contributed by atoms with E-state index in [4.69, 9.17) is 51.8 Å². The molecular weight excluding hydrogens is 801 g/mol. The van der Waals surface area contributed by atoms with Gasteiger partial charge in [-0.2, -0.15) is 0 Å². The van der Waals surface area contributed by atoms with Crippen LogP contribution in [0.5, 0.6) is 0 Å². The second kappa shape index (κ2) is 16.4. The standard InChI is InChI=1S/C47H70O13Si/c1-24-9-10-27-11-13-30-25(2)19-29(51-30)15-17-47-23-37-42(58-47)43-44(56-37)45(59-47)41-32(55-43)14-12-28(52-41)20-38(49)57-40-26(3)39-36(53-35(40)21-33(24)50-27)22-34(31(54-39)16-18-48)60-61(7,8)46(4,5)6/h18,26-37,39-45H,1-2,9-17,19-23H2,3-8H3/t26-,27+,28+,29-,30-,31+,32-,33+,34+,35-,36-,37?,39-,40+,41-,42-,43-,44?,45-,47-/m0/s1. The summed E-state index contributed by atoms with van der Waals surface area (Å²) in [5, 5.41) is -0.0238. The number of aldehydes is 1. The third kappa shape index (κ3) is 8.12. The lowest BCUT2D eigenvalue weighted by Gasteiger charge is -2.52. The van der Waals surface area contributed by atoms with Crippen LogP contribution in [0, 0.1) is 5.92 Å². The second-order valence-corrected chi connectivity index (χ2v) is 26.4. The molecule has 0 saturated carbocycles. The number of hydrogen-bond acceptors (Lipinski definition) is 13. The summed E-state index contributed by atoms with van der Waals surface area (Å²) < 4.78 is 74.9. The lowest BCUT2D eigenvalue weighted by atomic mass is 9.80. The number of hydrogen-bond donors (Lipinski definition) is 0. The quantitative estimate of drug-likeness (QED) is 0.131. The van der Waals surface area contributed by atoms with Gasteiger partial charge in [0, 0.05) is 38.0 Å². The maximum atomic E-state index is 14.2. The van der Waals surface area contributed by atoms with Crippen LogP contribution in [0.15, 0.2) is 24.3 Å². The van der Waals surface area contributed by atoms with E-state index in [9.17, 15) is 9.59 Å². The van der Waals surface area contributed by atoms with Crippen molar-refractivity contribution in [3.05, 3.63) is 24.3 Å². The summed E-state index contributed by atoms with van der Waals surface area (Å²) in [7, 11) is -2.22. The third-order valence-electron chi connectivity index (χ3n) is 16.5. The molecule has 20 atom stereocenters. The molecule has 11 rings (SSSR count). The second-order valence-electron chi connectivity index (χ2n) is 21.7. The van der Waals surface area contributed by atoms with Crippen LogP contribution >= 0.6 is 0 Å². The molecule has 11 saturated heterocycles. The van der Waals surface area contributed by atoms with Crippen molar-refractivity contribution in [2.24, 2.45) is 5.92 Å². The van der Waals surface area contributed by atoms with Crippen LogP contribution in [0.3, 0.4) is 0 Å². The van der Waals surface area contributed by atoms with Gasteiger partial charge in [-0.15, -0.1) is 0 Å². The SMILES string of the molecule is C=C1C[C@@H]2CC[C@@]34CC5OC6[C@@H](O3)[C@H]3O[C@H](CC[C@@H]3O[C@H]6[C@H]5O4)CC(=O)O[C@@H]3[C@@H](C)[C@@H]4O[C@H](CC=O)[C@H](O[Si](C)(C)C(C)(C)C)C[C@@H]4O[C@H]3C[C@H]3O[C@H](CCC3=C)CC[C@@H]1O2. The van der Waals surface area contributed by atoms with E-state index in [2.05, 4.69) is 53.9 Å². The van der Waals surface area contributed by atoms with Crippen LogP contribution in [-0.4, -0.2) is 136 Å². The highest BCUT2D eigenvalue weighted by molar-refractivity contribution is 6.74. The Bertz CT molecular complexity index is 1700. The monoisotopic (exact) mass is 870 g/mol. The Balaban J connectivity index is 0.923. The Morgan fingerprint density at radius 2 is 1.43 bits per heavy atom. The summed E-state index contributed by atoms with van der Waals surface area (Å²) >= 11 is 0. The van der Waals surface area contributed by atoms with Gasteiger partial charge >= 0.3 is 5.97 Å². The van der Waals surface area contributed by atoms with Gasteiger partial charge in [-0.25, -0.2) is 0 Å². The first-order valence-corrected chi connectivity index (χ1v) is 26.6. The van der Waals surface area contributed by atoms with Crippen LogP contribution in [0.2, 0.25) is 18.1 Å². The molecule has 14 heteroatoms. The summed E-state index contributed by atoms with van der Waals surface area (Å²) in [6, 6.07) is 0. The molecule has 2 unspecified atom stereocenters. The zero-order chi connectivity index (χ0) is 42.6. The number of esters is 1. The molecule has 11 aliphatic heterocycles. The molecule has 0 radical (unpaired) electrons. The molecule has 340 valence electrons. The van der Waals surface area contributed by atoms with Gasteiger partial charge in [0.05, 0.1) is 79.7 Å². The number of fused-ring (bicyclic) bond motifs is 7. The maximum Gasteiger partial charge on any atom is 0.308 e. The van der Waals surface area contributed by atoms with Gasteiger partial charge in [-0.05, 0) is 80.6 Å². The minimum Gasteiger partial charge on any atom is -0.459 e. The molecule has 11 heterocycles. The Morgan fingerprint density at radius 1 is 0.705 bits per heavy atom. The Labute approximate surface area is 362 Å². The van der Waals surface area contributed by atoms with Crippen LogP contribution in [0.1, 0.15) is 118 Å². The van der Waals surface area contributed by atoms with Gasteiger partial charge in [-0.3, -0.25) is 4.79 Å². The molecule has 11 fully saturated rings.